The smallest absolute Gasteiger partial charge is 0.410 e. The van der Waals surface area contributed by atoms with Crippen molar-refractivity contribution >= 4 is 23.5 Å². The maximum absolute atomic E-state index is 12.0. The molecule has 1 saturated heterocycles. The quantitative estimate of drug-likeness (QED) is 0.747. The van der Waals surface area contributed by atoms with E-state index in [-0.39, 0.29) is 17.8 Å². The monoisotopic (exact) mass is 289 g/mol. The number of amides is 1. The summed E-state index contributed by atoms with van der Waals surface area (Å²) in [5, 5.41) is 0. The topological polar surface area (TPSA) is 46.6 Å². The van der Waals surface area contributed by atoms with Gasteiger partial charge in [-0.05, 0) is 46.0 Å². The molecule has 0 aromatic rings. The molecule has 0 aliphatic carbocycles. The molecule has 1 atom stereocenters. The van der Waals surface area contributed by atoms with Crippen LogP contribution in [0.1, 0.15) is 46.5 Å². The van der Waals surface area contributed by atoms with Crippen molar-refractivity contribution < 1.29 is 14.3 Å². The van der Waals surface area contributed by atoms with Gasteiger partial charge < -0.3 is 9.64 Å². The van der Waals surface area contributed by atoms with E-state index in [9.17, 15) is 9.59 Å². The minimum atomic E-state index is -0.460. The van der Waals surface area contributed by atoms with E-state index in [0.29, 0.717) is 18.9 Å². The molecular weight excluding hydrogens is 266 g/mol. The van der Waals surface area contributed by atoms with Crippen molar-refractivity contribution in [3.63, 3.8) is 0 Å². The standard InChI is InChI=1S/C14H24ClNO3/c1-14(2,3)19-13(18)16-8-4-5-11(10-16)6-7-12(17)9-15/h11H,4-10H2,1-3H3. The fourth-order valence-corrected chi connectivity index (χ4v) is 2.36. The summed E-state index contributed by atoms with van der Waals surface area (Å²) in [5.41, 5.74) is -0.460. The first-order chi connectivity index (χ1) is 8.81. The number of likely N-dealkylation sites (tertiary alicyclic amines) is 1. The van der Waals surface area contributed by atoms with Crippen molar-refractivity contribution in [1.29, 1.82) is 0 Å². The molecule has 5 heteroatoms. The molecule has 0 N–H and O–H groups in total. The number of piperidine rings is 1. The van der Waals surface area contributed by atoms with Crippen LogP contribution in [0.25, 0.3) is 0 Å². The molecule has 110 valence electrons. The summed E-state index contributed by atoms with van der Waals surface area (Å²) >= 11 is 5.49. The van der Waals surface area contributed by atoms with Crippen LogP contribution >= 0.6 is 11.6 Å². The van der Waals surface area contributed by atoms with Crippen LogP contribution in [0, 0.1) is 5.92 Å². The number of nitrogens with zero attached hydrogens (tertiary/aromatic N) is 1. The molecule has 0 radical (unpaired) electrons. The first-order valence-electron chi connectivity index (χ1n) is 6.87. The molecule has 1 fully saturated rings. The zero-order chi connectivity index (χ0) is 14.5. The van der Waals surface area contributed by atoms with E-state index in [1.807, 2.05) is 20.8 Å². The number of carbonyl (C=O) groups is 2. The number of ketones is 1. The number of halogens is 1. The Balaban J connectivity index is 2.41. The molecule has 1 amide bonds. The molecule has 19 heavy (non-hydrogen) atoms. The van der Waals surface area contributed by atoms with Gasteiger partial charge in [-0.3, -0.25) is 4.79 Å². The third-order valence-corrected chi connectivity index (χ3v) is 3.45. The molecule has 1 heterocycles. The summed E-state index contributed by atoms with van der Waals surface area (Å²) in [6.45, 7) is 7.03. The van der Waals surface area contributed by atoms with Crippen molar-refractivity contribution in [2.45, 2.75) is 52.1 Å². The Bertz CT molecular complexity index is 325. The summed E-state index contributed by atoms with van der Waals surface area (Å²) < 4.78 is 5.37. The van der Waals surface area contributed by atoms with Crippen LogP contribution in [-0.2, 0) is 9.53 Å². The number of ether oxygens (including phenoxy) is 1. The van der Waals surface area contributed by atoms with Crippen molar-refractivity contribution in [2.75, 3.05) is 19.0 Å². The van der Waals surface area contributed by atoms with E-state index in [2.05, 4.69) is 0 Å². The number of hydrogen-bond donors (Lipinski definition) is 0. The SMILES string of the molecule is CC(C)(C)OC(=O)N1CCCC(CCC(=O)CCl)C1. The van der Waals surface area contributed by atoms with Gasteiger partial charge in [0.25, 0.3) is 0 Å². The molecule has 1 aliphatic rings. The first kappa shape index (κ1) is 16.3. The van der Waals surface area contributed by atoms with Gasteiger partial charge >= 0.3 is 6.09 Å². The van der Waals surface area contributed by atoms with Crippen LogP contribution in [0.15, 0.2) is 0 Å². The summed E-state index contributed by atoms with van der Waals surface area (Å²) in [6, 6.07) is 0. The Kier molecular flexibility index (Phi) is 6.11. The number of Topliss-reactive ketones (excluding diaryl/α,β-unsaturated/α-hetero) is 1. The Hall–Kier alpha value is -0.770. The van der Waals surface area contributed by atoms with Gasteiger partial charge in [-0.1, -0.05) is 0 Å². The van der Waals surface area contributed by atoms with Crippen LogP contribution in [0.5, 0.6) is 0 Å². The summed E-state index contributed by atoms with van der Waals surface area (Å²) in [4.78, 5) is 24.9. The molecule has 0 spiro atoms. The highest BCUT2D eigenvalue weighted by Crippen LogP contribution is 2.22. The summed E-state index contributed by atoms with van der Waals surface area (Å²) in [5.74, 6) is 0.548. The van der Waals surface area contributed by atoms with Gasteiger partial charge in [0.1, 0.15) is 11.4 Å². The average Bonchev–Trinajstić information content (AvgIpc) is 2.34. The third-order valence-electron chi connectivity index (χ3n) is 3.15. The zero-order valence-electron chi connectivity index (χ0n) is 12.1. The summed E-state index contributed by atoms with van der Waals surface area (Å²) in [6.07, 6.45) is 3.11. The number of rotatable bonds is 4. The fourth-order valence-electron chi connectivity index (χ4n) is 2.22. The first-order valence-corrected chi connectivity index (χ1v) is 7.41. The molecule has 0 saturated carbocycles. The van der Waals surface area contributed by atoms with Crippen molar-refractivity contribution in [2.24, 2.45) is 5.92 Å². The van der Waals surface area contributed by atoms with Crippen molar-refractivity contribution in [3.05, 3.63) is 0 Å². The minimum Gasteiger partial charge on any atom is -0.444 e. The lowest BCUT2D eigenvalue weighted by Gasteiger charge is -2.34. The molecule has 1 rings (SSSR count). The molecule has 4 nitrogen and oxygen atoms in total. The maximum Gasteiger partial charge on any atom is 0.410 e. The van der Waals surface area contributed by atoms with E-state index in [0.717, 1.165) is 25.8 Å². The van der Waals surface area contributed by atoms with Gasteiger partial charge in [0.2, 0.25) is 0 Å². The van der Waals surface area contributed by atoms with E-state index in [1.54, 1.807) is 4.90 Å². The Labute approximate surface area is 120 Å². The Morgan fingerprint density at radius 3 is 2.63 bits per heavy atom. The van der Waals surface area contributed by atoms with Crippen LogP contribution in [0.4, 0.5) is 4.79 Å². The van der Waals surface area contributed by atoms with E-state index in [4.69, 9.17) is 16.3 Å². The van der Waals surface area contributed by atoms with Gasteiger partial charge in [0.15, 0.2) is 0 Å². The molecular formula is C14H24ClNO3. The zero-order valence-corrected chi connectivity index (χ0v) is 12.8. The highest BCUT2D eigenvalue weighted by atomic mass is 35.5. The predicted molar refractivity (Wildman–Crippen MR) is 75.5 cm³/mol. The van der Waals surface area contributed by atoms with Crippen LogP contribution in [0.3, 0.4) is 0 Å². The lowest BCUT2D eigenvalue weighted by molar-refractivity contribution is -0.117. The lowest BCUT2D eigenvalue weighted by Crippen LogP contribution is -2.42. The van der Waals surface area contributed by atoms with Gasteiger partial charge in [-0.15, -0.1) is 11.6 Å². The molecule has 0 bridgehead atoms. The number of hydrogen-bond acceptors (Lipinski definition) is 3. The van der Waals surface area contributed by atoms with Gasteiger partial charge in [-0.2, -0.15) is 0 Å². The molecule has 0 aromatic heterocycles. The fraction of sp³-hybridized carbons (Fsp3) is 0.857. The lowest BCUT2D eigenvalue weighted by atomic mass is 9.93. The number of alkyl halides is 1. The summed E-state index contributed by atoms with van der Waals surface area (Å²) in [7, 11) is 0. The minimum absolute atomic E-state index is 0.0797. The highest BCUT2D eigenvalue weighted by Gasteiger charge is 2.27. The van der Waals surface area contributed by atoms with E-state index >= 15 is 0 Å². The van der Waals surface area contributed by atoms with Crippen molar-refractivity contribution in [3.8, 4) is 0 Å². The normalized spacial score (nSPS) is 20.2. The average molecular weight is 290 g/mol. The van der Waals surface area contributed by atoms with Gasteiger partial charge in [-0.25, -0.2) is 4.79 Å². The predicted octanol–water partition coefficient (Wildman–Crippen LogP) is 3.22. The second kappa shape index (κ2) is 7.13. The third kappa shape index (κ3) is 6.28. The van der Waals surface area contributed by atoms with E-state index in [1.165, 1.54) is 0 Å². The van der Waals surface area contributed by atoms with Gasteiger partial charge in [0, 0.05) is 19.5 Å². The highest BCUT2D eigenvalue weighted by molar-refractivity contribution is 6.27. The van der Waals surface area contributed by atoms with Crippen molar-refractivity contribution in [1.82, 2.24) is 4.90 Å². The number of carbonyl (C=O) groups excluding carboxylic acids is 2. The van der Waals surface area contributed by atoms with E-state index < -0.39 is 5.60 Å². The second-order valence-corrected chi connectivity index (χ2v) is 6.41. The van der Waals surface area contributed by atoms with Crippen LogP contribution in [0.2, 0.25) is 0 Å². The van der Waals surface area contributed by atoms with Crippen LogP contribution < -0.4 is 0 Å². The Morgan fingerprint density at radius 2 is 2.05 bits per heavy atom. The second-order valence-electron chi connectivity index (χ2n) is 6.15. The van der Waals surface area contributed by atoms with Crippen LogP contribution in [-0.4, -0.2) is 41.3 Å². The largest absolute Gasteiger partial charge is 0.444 e. The molecule has 1 unspecified atom stereocenters. The maximum atomic E-state index is 12.0. The molecule has 0 aromatic carbocycles. The van der Waals surface area contributed by atoms with Gasteiger partial charge in [0.05, 0.1) is 5.88 Å². The molecule has 1 aliphatic heterocycles. The Morgan fingerprint density at radius 1 is 1.37 bits per heavy atom.